The molecule has 1 aromatic rings. The molecule has 1 fully saturated rings. The van der Waals surface area contributed by atoms with Gasteiger partial charge in [-0.1, -0.05) is 12.8 Å². The normalized spacial score (nSPS) is 15.8. The first-order chi connectivity index (χ1) is 8.20. The van der Waals surface area contributed by atoms with Crippen LogP contribution in [0.4, 0.5) is 0 Å². The second-order valence-electron chi connectivity index (χ2n) is 4.11. The smallest absolute Gasteiger partial charge is 0.348 e. The van der Waals surface area contributed by atoms with Gasteiger partial charge in [0.25, 0.3) is 5.91 Å². The molecule has 0 atom stereocenters. The standard InChI is InChI=1S/C12H15NO3S/c1-16-12(15)10-7-6-9(17-10)11(14)13-8-4-2-3-5-8/h6-8H,2-5H2,1H3,(H,13,14). The van der Waals surface area contributed by atoms with Crippen LogP contribution in [0.1, 0.15) is 45.0 Å². The van der Waals surface area contributed by atoms with Crippen molar-refractivity contribution in [2.45, 2.75) is 31.7 Å². The van der Waals surface area contributed by atoms with Crippen molar-refractivity contribution in [2.75, 3.05) is 7.11 Å². The van der Waals surface area contributed by atoms with Gasteiger partial charge in [-0.25, -0.2) is 4.79 Å². The molecule has 92 valence electrons. The van der Waals surface area contributed by atoms with Crippen molar-refractivity contribution in [3.05, 3.63) is 21.9 Å². The summed E-state index contributed by atoms with van der Waals surface area (Å²) in [7, 11) is 1.33. The molecular formula is C12H15NO3S. The predicted molar refractivity (Wildman–Crippen MR) is 65.4 cm³/mol. The summed E-state index contributed by atoms with van der Waals surface area (Å²) in [5.74, 6) is -0.480. The summed E-state index contributed by atoms with van der Waals surface area (Å²) >= 11 is 1.17. The highest BCUT2D eigenvalue weighted by atomic mass is 32.1. The van der Waals surface area contributed by atoms with Crippen LogP contribution < -0.4 is 5.32 Å². The van der Waals surface area contributed by atoms with Crippen molar-refractivity contribution in [1.29, 1.82) is 0 Å². The summed E-state index contributed by atoms with van der Waals surface area (Å²) in [6, 6.07) is 3.59. The lowest BCUT2D eigenvalue weighted by Crippen LogP contribution is -2.31. The Kier molecular flexibility index (Phi) is 3.78. The summed E-state index contributed by atoms with van der Waals surface area (Å²) < 4.78 is 4.60. The van der Waals surface area contributed by atoms with E-state index in [9.17, 15) is 9.59 Å². The Hall–Kier alpha value is -1.36. The van der Waals surface area contributed by atoms with Gasteiger partial charge in [0.2, 0.25) is 0 Å². The molecule has 1 N–H and O–H groups in total. The summed E-state index contributed by atoms with van der Waals surface area (Å²) in [6.07, 6.45) is 4.48. The lowest BCUT2D eigenvalue weighted by molar-refractivity contribution is 0.0606. The molecule has 2 rings (SSSR count). The van der Waals surface area contributed by atoms with Crippen LogP contribution in [-0.2, 0) is 4.74 Å². The molecule has 0 saturated heterocycles. The molecule has 17 heavy (non-hydrogen) atoms. The maximum absolute atomic E-state index is 11.9. The number of carbonyl (C=O) groups is 2. The molecule has 0 unspecified atom stereocenters. The molecule has 1 aromatic heterocycles. The van der Waals surface area contributed by atoms with Gasteiger partial charge in [-0.05, 0) is 25.0 Å². The topological polar surface area (TPSA) is 55.4 Å². The first kappa shape index (κ1) is 12.1. The lowest BCUT2D eigenvalue weighted by atomic mass is 10.2. The fraction of sp³-hybridized carbons (Fsp3) is 0.500. The van der Waals surface area contributed by atoms with Gasteiger partial charge in [-0.3, -0.25) is 4.79 Å². The zero-order chi connectivity index (χ0) is 12.3. The third-order valence-electron chi connectivity index (χ3n) is 2.91. The second-order valence-corrected chi connectivity index (χ2v) is 5.19. The van der Waals surface area contributed by atoms with E-state index in [2.05, 4.69) is 10.1 Å². The Morgan fingerprint density at radius 2 is 1.94 bits per heavy atom. The minimum absolute atomic E-state index is 0.0861. The Morgan fingerprint density at radius 1 is 1.29 bits per heavy atom. The molecule has 4 nitrogen and oxygen atoms in total. The summed E-state index contributed by atoms with van der Waals surface area (Å²) in [5, 5.41) is 2.98. The number of amides is 1. The summed E-state index contributed by atoms with van der Waals surface area (Å²) in [6.45, 7) is 0. The van der Waals surface area contributed by atoms with Gasteiger partial charge < -0.3 is 10.1 Å². The van der Waals surface area contributed by atoms with Gasteiger partial charge in [0, 0.05) is 6.04 Å². The maximum Gasteiger partial charge on any atom is 0.348 e. The fourth-order valence-electron chi connectivity index (χ4n) is 2.00. The van der Waals surface area contributed by atoms with Crippen LogP contribution in [-0.4, -0.2) is 25.0 Å². The molecule has 1 heterocycles. The Bertz CT molecular complexity index is 421. The minimum atomic E-state index is -0.394. The molecule has 0 radical (unpaired) electrons. The van der Waals surface area contributed by atoms with Gasteiger partial charge in [-0.15, -0.1) is 11.3 Å². The van der Waals surface area contributed by atoms with E-state index in [-0.39, 0.29) is 5.91 Å². The number of esters is 1. The van der Waals surface area contributed by atoms with Crippen LogP contribution in [0.25, 0.3) is 0 Å². The summed E-state index contributed by atoms with van der Waals surface area (Å²) in [5.41, 5.74) is 0. The molecule has 0 spiro atoms. The van der Waals surface area contributed by atoms with Gasteiger partial charge in [-0.2, -0.15) is 0 Å². The van der Waals surface area contributed by atoms with E-state index in [0.29, 0.717) is 15.8 Å². The molecular weight excluding hydrogens is 238 g/mol. The lowest BCUT2D eigenvalue weighted by Gasteiger charge is -2.10. The van der Waals surface area contributed by atoms with Crippen LogP contribution in [0.15, 0.2) is 12.1 Å². The number of ether oxygens (including phenoxy) is 1. The average Bonchev–Trinajstić information content (AvgIpc) is 2.98. The number of thiophene rings is 1. The van der Waals surface area contributed by atoms with Crippen LogP contribution in [0.5, 0.6) is 0 Å². The van der Waals surface area contributed by atoms with Gasteiger partial charge in [0.1, 0.15) is 4.88 Å². The Morgan fingerprint density at radius 3 is 2.59 bits per heavy atom. The zero-order valence-corrected chi connectivity index (χ0v) is 10.5. The van der Waals surface area contributed by atoms with Crippen molar-refractivity contribution < 1.29 is 14.3 Å². The fourth-order valence-corrected chi connectivity index (χ4v) is 2.82. The maximum atomic E-state index is 11.9. The second kappa shape index (κ2) is 5.31. The molecule has 0 aromatic carbocycles. The van der Waals surface area contributed by atoms with E-state index >= 15 is 0 Å². The third kappa shape index (κ3) is 2.85. The molecule has 0 bridgehead atoms. The minimum Gasteiger partial charge on any atom is -0.465 e. The number of hydrogen-bond acceptors (Lipinski definition) is 4. The monoisotopic (exact) mass is 253 g/mol. The van der Waals surface area contributed by atoms with E-state index in [1.54, 1.807) is 12.1 Å². The highest BCUT2D eigenvalue weighted by molar-refractivity contribution is 7.15. The third-order valence-corrected chi connectivity index (χ3v) is 3.97. The quantitative estimate of drug-likeness (QED) is 0.840. The van der Waals surface area contributed by atoms with Crippen molar-refractivity contribution in [3.8, 4) is 0 Å². The van der Waals surface area contributed by atoms with Crippen molar-refractivity contribution in [1.82, 2.24) is 5.32 Å². The Labute approximate surface area is 104 Å². The number of nitrogens with one attached hydrogen (secondary N) is 1. The van der Waals surface area contributed by atoms with Gasteiger partial charge in [0.05, 0.1) is 12.0 Å². The van der Waals surface area contributed by atoms with E-state index in [1.807, 2.05) is 0 Å². The van der Waals surface area contributed by atoms with Crippen LogP contribution in [0.3, 0.4) is 0 Å². The highest BCUT2D eigenvalue weighted by Gasteiger charge is 2.19. The van der Waals surface area contributed by atoms with Crippen molar-refractivity contribution in [2.24, 2.45) is 0 Å². The van der Waals surface area contributed by atoms with E-state index < -0.39 is 5.97 Å². The number of methoxy groups -OCH3 is 1. The largest absolute Gasteiger partial charge is 0.465 e. The SMILES string of the molecule is COC(=O)c1ccc(C(=O)NC2CCCC2)s1. The molecule has 0 aliphatic heterocycles. The highest BCUT2D eigenvalue weighted by Crippen LogP contribution is 2.21. The van der Waals surface area contributed by atoms with Crippen molar-refractivity contribution >= 4 is 23.2 Å². The average molecular weight is 253 g/mol. The van der Waals surface area contributed by atoms with Crippen LogP contribution in [0.2, 0.25) is 0 Å². The number of hydrogen-bond donors (Lipinski definition) is 1. The van der Waals surface area contributed by atoms with Crippen LogP contribution >= 0.6 is 11.3 Å². The number of carbonyl (C=O) groups excluding carboxylic acids is 2. The molecule has 1 saturated carbocycles. The number of rotatable bonds is 3. The van der Waals surface area contributed by atoms with E-state index in [1.165, 1.54) is 31.3 Å². The van der Waals surface area contributed by atoms with Gasteiger partial charge in [0.15, 0.2) is 0 Å². The Balaban J connectivity index is 1.99. The summed E-state index contributed by atoms with van der Waals surface area (Å²) in [4.78, 5) is 24.2. The zero-order valence-electron chi connectivity index (χ0n) is 9.69. The molecule has 1 aliphatic carbocycles. The van der Waals surface area contributed by atoms with Gasteiger partial charge >= 0.3 is 5.97 Å². The predicted octanol–water partition coefficient (Wildman–Crippen LogP) is 2.21. The van der Waals surface area contributed by atoms with E-state index in [0.717, 1.165) is 12.8 Å². The molecule has 1 aliphatic rings. The van der Waals surface area contributed by atoms with E-state index in [4.69, 9.17) is 0 Å². The first-order valence-electron chi connectivity index (χ1n) is 5.69. The molecule has 1 amide bonds. The first-order valence-corrected chi connectivity index (χ1v) is 6.51. The van der Waals surface area contributed by atoms with Crippen molar-refractivity contribution in [3.63, 3.8) is 0 Å². The molecule has 5 heteroatoms. The van der Waals surface area contributed by atoms with Crippen LogP contribution in [0, 0.1) is 0 Å².